The number of carbonyl (C=O) groups is 1. The highest BCUT2D eigenvalue weighted by Crippen LogP contribution is 2.24. The third-order valence-corrected chi connectivity index (χ3v) is 3.49. The molecule has 1 unspecified atom stereocenters. The molecule has 1 fully saturated rings. The van der Waals surface area contributed by atoms with Gasteiger partial charge in [-0.1, -0.05) is 11.6 Å². The van der Waals surface area contributed by atoms with Gasteiger partial charge in [0.2, 0.25) is 0 Å². The van der Waals surface area contributed by atoms with Crippen molar-refractivity contribution in [2.45, 2.75) is 25.9 Å². The van der Waals surface area contributed by atoms with Crippen molar-refractivity contribution < 1.29 is 14.6 Å². The Balaban J connectivity index is 2.10. The van der Waals surface area contributed by atoms with Crippen LogP contribution in [0.2, 0.25) is 5.02 Å². The number of hydrogen-bond acceptors (Lipinski definition) is 3. The van der Waals surface area contributed by atoms with Crippen LogP contribution in [0.15, 0.2) is 18.2 Å². The summed E-state index contributed by atoms with van der Waals surface area (Å²) in [5, 5.41) is 10.2. The Morgan fingerprint density at radius 2 is 2.37 bits per heavy atom. The number of hydrogen-bond donors (Lipinski definition) is 1. The van der Waals surface area contributed by atoms with Gasteiger partial charge in [0.15, 0.2) is 0 Å². The van der Waals surface area contributed by atoms with Gasteiger partial charge in [-0.3, -0.25) is 4.79 Å². The normalized spacial score (nSPS) is 19.5. The first-order chi connectivity index (χ1) is 9.11. The van der Waals surface area contributed by atoms with Crippen molar-refractivity contribution in [1.29, 1.82) is 0 Å². The highest BCUT2D eigenvalue weighted by Gasteiger charge is 2.26. The van der Waals surface area contributed by atoms with Crippen LogP contribution in [0.1, 0.15) is 30.1 Å². The molecular formula is C14H18ClNO3. The molecule has 1 aliphatic rings. The third kappa shape index (κ3) is 3.39. The molecule has 1 N–H and O–H groups in total. The summed E-state index contributed by atoms with van der Waals surface area (Å²) in [6.45, 7) is 3.88. The number of piperidine rings is 1. The second kappa shape index (κ2) is 6.26. The molecule has 4 nitrogen and oxygen atoms in total. The summed E-state index contributed by atoms with van der Waals surface area (Å²) < 4.78 is 5.57. The summed E-state index contributed by atoms with van der Waals surface area (Å²) in [6, 6.07) is 4.56. The molecule has 1 atom stereocenters. The van der Waals surface area contributed by atoms with E-state index in [4.69, 9.17) is 16.3 Å². The topological polar surface area (TPSA) is 49.8 Å². The fraction of sp³-hybridized carbons (Fsp3) is 0.500. The average molecular weight is 284 g/mol. The third-order valence-electron chi connectivity index (χ3n) is 3.26. The van der Waals surface area contributed by atoms with Crippen LogP contribution in [0, 0.1) is 0 Å². The first-order valence-corrected chi connectivity index (χ1v) is 6.89. The number of nitrogens with zero attached hydrogens (tertiary/aromatic N) is 1. The molecule has 0 saturated carbocycles. The van der Waals surface area contributed by atoms with Crippen LogP contribution in [0.25, 0.3) is 0 Å². The lowest BCUT2D eigenvalue weighted by Gasteiger charge is -2.32. The minimum atomic E-state index is -0.168. The number of amides is 1. The van der Waals surface area contributed by atoms with E-state index >= 15 is 0 Å². The Labute approximate surface area is 117 Å². The molecule has 0 spiro atoms. The van der Waals surface area contributed by atoms with Crippen molar-refractivity contribution in [2.75, 3.05) is 19.7 Å². The first kappa shape index (κ1) is 14.2. The van der Waals surface area contributed by atoms with Gasteiger partial charge in [-0.15, -0.1) is 0 Å². The van der Waals surface area contributed by atoms with E-state index in [9.17, 15) is 9.90 Å². The van der Waals surface area contributed by atoms with Crippen LogP contribution >= 0.6 is 11.6 Å². The summed E-state index contributed by atoms with van der Waals surface area (Å²) in [5.41, 5.74) is 0.293. The quantitative estimate of drug-likeness (QED) is 0.928. The molecule has 1 amide bonds. The number of likely N-dealkylation sites (tertiary alicyclic amines) is 1. The van der Waals surface area contributed by atoms with Crippen LogP contribution in [0.4, 0.5) is 0 Å². The summed E-state index contributed by atoms with van der Waals surface area (Å²) >= 11 is 5.77. The van der Waals surface area contributed by atoms with E-state index in [0.717, 1.165) is 12.8 Å². The zero-order valence-corrected chi connectivity index (χ0v) is 11.7. The highest BCUT2D eigenvalue weighted by molar-refractivity contribution is 6.30. The second-order valence-corrected chi connectivity index (χ2v) is 5.07. The molecule has 2 rings (SSSR count). The Morgan fingerprint density at radius 1 is 1.58 bits per heavy atom. The van der Waals surface area contributed by atoms with Crippen LogP contribution in [-0.2, 0) is 4.74 Å². The predicted octanol–water partition coefficient (Wildman–Crippen LogP) is 2.69. The lowest BCUT2D eigenvalue weighted by atomic mass is 10.1. The Kier molecular flexibility index (Phi) is 4.66. The fourth-order valence-electron chi connectivity index (χ4n) is 2.35. The second-order valence-electron chi connectivity index (χ2n) is 4.63. The maximum Gasteiger partial charge on any atom is 0.257 e. The molecule has 0 bridgehead atoms. The lowest BCUT2D eigenvalue weighted by Crippen LogP contribution is -2.43. The number of ether oxygens (including phenoxy) is 1. The van der Waals surface area contributed by atoms with E-state index in [-0.39, 0.29) is 17.8 Å². The molecule has 1 saturated heterocycles. The number of benzene rings is 1. The smallest absolute Gasteiger partial charge is 0.257 e. The summed E-state index contributed by atoms with van der Waals surface area (Å²) in [7, 11) is 0. The molecule has 1 aliphatic heterocycles. The zero-order chi connectivity index (χ0) is 13.8. The molecule has 0 aromatic heterocycles. The van der Waals surface area contributed by atoms with Gasteiger partial charge in [-0.2, -0.15) is 0 Å². The number of phenolic OH excluding ortho intramolecular Hbond substituents is 1. The minimum Gasteiger partial charge on any atom is -0.507 e. The molecule has 104 valence electrons. The van der Waals surface area contributed by atoms with Gasteiger partial charge in [0.25, 0.3) is 5.91 Å². The van der Waals surface area contributed by atoms with Gasteiger partial charge in [0.1, 0.15) is 5.75 Å². The van der Waals surface area contributed by atoms with Crippen molar-refractivity contribution >= 4 is 17.5 Å². The van der Waals surface area contributed by atoms with Crippen molar-refractivity contribution in [3.8, 4) is 5.75 Å². The Bertz CT molecular complexity index is 462. The van der Waals surface area contributed by atoms with E-state index in [1.165, 1.54) is 6.07 Å². The molecule has 1 aromatic carbocycles. The number of carbonyl (C=O) groups excluding carboxylic acids is 1. The van der Waals surface area contributed by atoms with Crippen LogP contribution < -0.4 is 0 Å². The molecule has 1 aromatic rings. The number of halogens is 1. The van der Waals surface area contributed by atoms with Gasteiger partial charge in [-0.25, -0.2) is 0 Å². The minimum absolute atomic E-state index is 0.0731. The summed E-state index contributed by atoms with van der Waals surface area (Å²) in [6.07, 6.45) is 1.99. The number of aromatic hydroxyl groups is 1. The maximum atomic E-state index is 12.3. The largest absolute Gasteiger partial charge is 0.507 e. The first-order valence-electron chi connectivity index (χ1n) is 6.51. The van der Waals surface area contributed by atoms with Crippen molar-refractivity contribution in [3.63, 3.8) is 0 Å². The fourth-order valence-corrected chi connectivity index (χ4v) is 2.52. The van der Waals surface area contributed by atoms with Crippen LogP contribution in [0.5, 0.6) is 5.75 Å². The van der Waals surface area contributed by atoms with Crippen LogP contribution in [-0.4, -0.2) is 41.7 Å². The van der Waals surface area contributed by atoms with E-state index in [1.807, 2.05) is 6.92 Å². The SMILES string of the molecule is CCOC1CCCN(C(=O)c2ccc(Cl)cc2O)C1. The standard InChI is InChI=1S/C14H18ClNO3/c1-2-19-11-4-3-7-16(9-11)14(18)12-6-5-10(15)8-13(12)17/h5-6,8,11,17H,2-4,7,9H2,1H3. The summed E-state index contributed by atoms with van der Waals surface area (Å²) in [5.74, 6) is -0.241. The van der Waals surface area contributed by atoms with E-state index in [2.05, 4.69) is 0 Å². The Morgan fingerprint density at radius 3 is 3.05 bits per heavy atom. The Hall–Kier alpha value is -1.26. The average Bonchev–Trinajstić information content (AvgIpc) is 2.39. The monoisotopic (exact) mass is 283 g/mol. The highest BCUT2D eigenvalue weighted by atomic mass is 35.5. The van der Waals surface area contributed by atoms with Gasteiger partial charge < -0.3 is 14.7 Å². The van der Waals surface area contributed by atoms with E-state index in [0.29, 0.717) is 30.3 Å². The van der Waals surface area contributed by atoms with Gasteiger partial charge in [-0.05, 0) is 38.0 Å². The summed E-state index contributed by atoms with van der Waals surface area (Å²) in [4.78, 5) is 14.1. The lowest BCUT2D eigenvalue weighted by molar-refractivity contribution is 0.00714. The molecule has 5 heteroatoms. The molecular weight excluding hydrogens is 266 g/mol. The van der Waals surface area contributed by atoms with Gasteiger partial charge >= 0.3 is 0 Å². The maximum absolute atomic E-state index is 12.3. The van der Waals surface area contributed by atoms with Crippen molar-refractivity contribution in [2.24, 2.45) is 0 Å². The molecule has 0 aliphatic carbocycles. The number of phenols is 1. The van der Waals surface area contributed by atoms with Gasteiger partial charge in [0.05, 0.1) is 11.7 Å². The number of rotatable bonds is 3. The zero-order valence-electron chi connectivity index (χ0n) is 10.9. The molecule has 0 radical (unpaired) electrons. The molecule has 19 heavy (non-hydrogen) atoms. The molecule has 1 heterocycles. The van der Waals surface area contributed by atoms with Crippen molar-refractivity contribution in [1.82, 2.24) is 4.90 Å². The van der Waals surface area contributed by atoms with Gasteiger partial charge in [0, 0.05) is 24.7 Å². The van der Waals surface area contributed by atoms with Crippen LogP contribution in [0.3, 0.4) is 0 Å². The van der Waals surface area contributed by atoms with Crippen molar-refractivity contribution in [3.05, 3.63) is 28.8 Å². The van der Waals surface area contributed by atoms with E-state index in [1.54, 1.807) is 17.0 Å². The van der Waals surface area contributed by atoms with E-state index < -0.39 is 0 Å². The predicted molar refractivity (Wildman–Crippen MR) is 73.7 cm³/mol.